The predicted octanol–water partition coefficient (Wildman–Crippen LogP) is 5.31. The van der Waals surface area contributed by atoms with Gasteiger partial charge in [0.05, 0.1) is 12.2 Å². The summed E-state index contributed by atoms with van der Waals surface area (Å²) >= 11 is 0. The Bertz CT molecular complexity index is 983. The lowest BCUT2D eigenvalue weighted by molar-refractivity contribution is -0.119. The number of carbonyl (C=O) groups excluding carboxylic acids is 2. The van der Waals surface area contributed by atoms with Crippen molar-refractivity contribution in [2.45, 2.75) is 13.8 Å². The highest BCUT2D eigenvalue weighted by Crippen LogP contribution is 2.22. The van der Waals surface area contributed by atoms with Gasteiger partial charge in [0, 0.05) is 5.69 Å². The van der Waals surface area contributed by atoms with Crippen LogP contribution in [0.15, 0.2) is 78.9 Å². The fourth-order valence-electron chi connectivity index (χ4n) is 2.59. The molecule has 0 unspecified atom stereocenters. The van der Waals surface area contributed by atoms with Gasteiger partial charge in [0.25, 0.3) is 5.91 Å². The molecule has 3 aromatic carbocycles. The molecule has 1 amide bonds. The smallest absolute Gasteiger partial charge is 0.338 e. The maximum Gasteiger partial charge on any atom is 0.338 e. The molecular formula is C25H25NO5. The van der Waals surface area contributed by atoms with Crippen molar-refractivity contribution in [1.29, 1.82) is 0 Å². The number of carbonyl (C=O) groups is 2. The highest BCUT2D eigenvalue weighted by Gasteiger charge is 2.11. The molecule has 0 saturated heterocycles. The molecule has 0 fully saturated rings. The Kier molecular flexibility index (Phi) is 7.65. The van der Waals surface area contributed by atoms with E-state index in [0.717, 1.165) is 5.75 Å². The van der Waals surface area contributed by atoms with E-state index in [1.807, 2.05) is 30.3 Å². The zero-order chi connectivity index (χ0) is 22.1. The molecule has 0 bridgehead atoms. The molecule has 0 saturated carbocycles. The van der Waals surface area contributed by atoms with Gasteiger partial charge in [-0.1, -0.05) is 32.0 Å². The molecular weight excluding hydrogens is 394 g/mol. The van der Waals surface area contributed by atoms with Crippen LogP contribution in [0.1, 0.15) is 24.2 Å². The topological polar surface area (TPSA) is 73.9 Å². The molecule has 0 radical (unpaired) electrons. The minimum absolute atomic E-state index is 0.354. The maximum absolute atomic E-state index is 12.1. The monoisotopic (exact) mass is 419 g/mol. The van der Waals surface area contributed by atoms with Crippen LogP contribution in [0.4, 0.5) is 5.69 Å². The molecule has 0 aliphatic heterocycles. The SMILES string of the molecule is CC(C)COc1ccc(C(=O)OCC(=O)Nc2ccc(Oc3ccccc3)cc2)cc1. The molecule has 6 heteroatoms. The van der Waals surface area contributed by atoms with Gasteiger partial charge in [0.1, 0.15) is 17.2 Å². The van der Waals surface area contributed by atoms with Crippen molar-refractivity contribution in [1.82, 2.24) is 0 Å². The largest absolute Gasteiger partial charge is 0.493 e. The van der Waals surface area contributed by atoms with Crippen molar-refractivity contribution < 1.29 is 23.8 Å². The number of esters is 1. The van der Waals surface area contributed by atoms with Crippen molar-refractivity contribution in [2.24, 2.45) is 5.92 Å². The second-order valence-electron chi connectivity index (χ2n) is 7.29. The molecule has 3 aromatic rings. The third-order valence-electron chi connectivity index (χ3n) is 4.12. The Hall–Kier alpha value is -3.80. The van der Waals surface area contributed by atoms with Crippen LogP contribution in [0.5, 0.6) is 17.2 Å². The molecule has 0 aliphatic rings. The predicted molar refractivity (Wildman–Crippen MR) is 119 cm³/mol. The molecule has 0 aromatic heterocycles. The zero-order valence-electron chi connectivity index (χ0n) is 17.5. The Labute approximate surface area is 181 Å². The number of para-hydroxylation sites is 1. The van der Waals surface area contributed by atoms with Crippen LogP contribution in [0.3, 0.4) is 0 Å². The van der Waals surface area contributed by atoms with E-state index in [-0.39, 0.29) is 6.61 Å². The molecule has 6 nitrogen and oxygen atoms in total. The first-order valence-corrected chi connectivity index (χ1v) is 10.0. The van der Waals surface area contributed by atoms with Crippen molar-refractivity contribution in [2.75, 3.05) is 18.5 Å². The molecule has 1 N–H and O–H groups in total. The van der Waals surface area contributed by atoms with Crippen LogP contribution in [-0.2, 0) is 9.53 Å². The third-order valence-corrected chi connectivity index (χ3v) is 4.12. The summed E-state index contributed by atoms with van der Waals surface area (Å²) in [6, 6.07) is 23.0. The average Bonchev–Trinajstić information content (AvgIpc) is 2.78. The second-order valence-corrected chi connectivity index (χ2v) is 7.29. The number of ether oxygens (including phenoxy) is 3. The van der Waals surface area contributed by atoms with Gasteiger partial charge in [-0.3, -0.25) is 4.79 Å². The fourth-order valence-corrected chi connectivity index (χ4v) is 2.59. The van der Waals surface area contributed by atoms with Crippen molar-refractivity contribution in [3.05, 3.63) is 84.4 Å². The highest BCUT2D eigenvalue weighted by molar-refractivity contribution is 5.95. The second kappa shape index (κ2) is 10.8. The van der Waals surface area contributed by atoms with Crippen LogP contribution >= 0.6 is 0 Å². The molecule has 3 rings (SSSR count). The first kappa shape index (κ1) is 21.9. The van der Waals surface area contributed by atoms with Gasteiger partial charge in [-0.15, -0.1) is 0 Å². The van der Waals surface area contributed by atoms with Gasteiger partial charge in [0.15, 0.2) is 6.61 Å². The normalized spacial score (nSPS) is 10.4. The maximum atomic E-state index is 12.1. The highest BCUT2D eigenvalue weighted by atomic mass is 16.5. The van der Waals surface area contributed by atoms with Crippen LogP contribution in [0.2, 0.25) is 0 Å². The van der Waals surface area contributed by atoms with Crippen LogP contribution in [0.25, 0.3) is 0 Å². The van der Waals surface area contributed by atoms with E-state index in [4.69, 9.17) is 14.2 Å². The summed E-state index contributed by atoms with van der Waals surface area (Å²) in [7, 11) is 0. The first-order valence-electron chi connectivity index (χ1n) is 10.0. The average molecular weight is 419 g/mol. The first-order chi connectivity index (χ1) is 15.0. The van der Waals surface area contributed by atoms with Crippen molar-refractivity contribution in [3.8, 4) is 17.2 Å². The minimum atomic E-state index is -0.572. The van der Waals surface area contributed by atoms with Crippen LogP contribution < -0.4 is 14.8 Å². The summed E-state index contributed by atoms with van der Waals surface area (Å²) in [6.07, 6.45) is 0. The van der Waals surface area contributed by atoms with Gasteiger partial charge in [-0.2, -0.15) is 0 Å². The lowest BCUT2D eigenvalue weighted by Gasteiger charge is -2.10. The summed E-state index contributed by atoms with van der Waals surface area (Å²) in [4.78, 5) is 24.2. The van der Waals surface area contributed by atoms with E-state index in [1.54, 1.807) is 48.5 Å². The Morgan fingerprint density at radius 1 is 0.806 bits per heavy atom. The lowest BCUT2D eigenvalue weighted by Crippen LogP contribution is -2.20. The Morgan fingerprint density at radius 2 is 1.42 bits per heavy atom. The van der Waals surface area contributed by atoms with E-state index >= 15 is 0 Å². The van der Waals surface area contributed by atoms with E-state index in [1.165, 1.54) is 0 Å². The molecule has 0 atom stereocenters. The number of hydrogen-bond acceptors (Lipinski definition) is 5. The standard InChI is InChI=1S/C25H25NO5/c1-18(2)16-29-21-12-8-19(9-13-21)25(28)30-17-24(27)26-20-10-14-23(15-11-20)31-22-6-4-3-5-7-22/h3-15,18H,16-17H2,1-2H3,(H,26,27). The van der Waals surface area contributed by atoms with E-state index in [0.29, 0.717) is 35.3 Å². The number of amides is 1. The Balaban J connectivity index is 1.44. The number of benzene rings is 3. The molecule has 0 spiro atoms. The van der Waals surface area contributed by atoms with Gasteiger partial charge < -0.3 is 19.5 Å². The summed E-state index contributed by atoms with van der Waals surface area (Å²) in [5, 5.41) is 2.68. The fraction of sp³-hybridized carbons (Fsp3) is 0.200. The van der Waals surface area contributed by atoms with Gasteiger partial charge in [-0.25, -0.2) is 4.79 Å². The lowest BCUT2D eigenvalue weighted by atomic mass is 10.2. The van der Waals surface area contributed by atoms with Crippen molar-refractivity contribution >= 4 is 17.6 Å². The molecule has 31 heavy (non-hydrogen) atoms. The molecule has 160 valence electrons. The Morgan fingerprint density at radius 3 is 2.06 bits per heavy atom. The number of anilines is 1. The van der Waals surface area contributed by atoms with Gasteiger partial charge in [-0.05, 0) is 66.6 Å². The minimum Gasteiger partial charge on any atom is -0.493 e. The van der Waals surface area contributed by atoms with Gasteiger partial charge in [0.2, 0.25) is 0 Å². The van der Waals surface area contributed by atoms with Crippen molar-refractivity contribution in [3.63, 3.8) is 0 Å². The van der Waals surface area contributed by atoms with Crippen LogP contribution in [0, 0.1) is 5.92 Å². The van der Waals surface area contributed by atoms with Crippen LogP contribution in [-0.4, -0.2) is 25.1 Å². The summed E-state index contributed by atoms with van der Waals surface area (Å²) < 4.78 is 16.4. The molecule has 0 heterocycles. The third kappa shape index (κ3) is 7.19. The van der Waals surface area contributed by atoms with E-state index < -0.39 is 11.9 Å². The van der Waals surface area contributed by atoms with E-state index in [2.05, 4.69) is 19.2 Å². The summed E-state index contributed by atoms with van der Waals surface area (Å²) in [5.41, 5.74) is 0.931. The number of rotatable bonds is 9. The zero-order valence-corrected chi connectivity index (χ0v) is 17.5. The summed E-state index contributed by atoms with van der Waals surface area (Å²) in [6.45, 7) is 4.34. The summed E-state index contributed by atoms with van der Waals surface area (Å²) in [5.74, 6) is 1.47. The van der Waals surface area contributed by atoms with Gasteiger partial charge >= 0.3 is 5.97 Å². The molecule has 0 aliphatic carbocycles. The van der Waals surface area contributed by atoms with E-state index in [9.17, 15) is 9.59 Å². The quantitative estimate of drug-likeness (QED) is 0.476. The number of nitrogens with one attached hydrogen (secondary N) is 1. The number of hydrogen-bond donors (Lipinski definition) is 1.